The van der Waals surface area contributed by atoms with Crippen molar-refractivity contribution in [2.24, 2.45) is 0 Å². The van der Waals surface area contributed by atoms with Gasteiger partial charge in [0.05, 0.1) is 7.11 Å². The van der Waals surface area contributed by atoms with Gasteiger partial charge in [-0.15, -0.1) is 11.3 Å². The average molecular weight is 262 g/mol. The van der Waals surface area contributed by atoms with Crippen LogP contribution in [0.1, 0.15) is 4.88 Å². The molecule has 1 aromatic heterocycles. The van der Waals surface area contributed by atoms with Gasteiger partial charge >= 0.3 is 5.97 Å². The molecule has 0 saturated heterocycles. The first-order valence-electron chi connectivity index (χ1n) is 5.31. The molecular formula is C14H11FO2S. The average Bonchev–Trinajstić information content (AvgIpc) is 2.85. The van der Waals surface area contributed by atoms with Crippen molar-refractivity contribution >= 4 is 23.4 Å². The number of esters is 1. The molecule has 0 radical (unpaired) electrons. The maximum Gasteiger partial charge on any atom is 0.330 e. The van der Waals surface area contributed by atoms with Gasteiger partial charge < -0.3 is 4.74 Å². The Labute approximate surface area is 108 Å². The Hall–Kier alpha value is -1.94. The summed E-state index contributed by atoms with van der Waals surface area (Å²) in [5.41, 5.74) is 0.570. The SMILES string of the molecule is COC(=O)/C=C/c1ccc(-c2ccccc2F)s1. The fourth-order valence-corrected chi connectivity index (χ4v) is 2.40. The van der Waals surface area contributed by atoms with Gasteiger partial charge in [0, 0.05) is 21.4 Å². The number of thiophene rings is 1. The van der Waals surface area contributed by atoms with Crippen molar-refractivity contribution in [3.8, 4) is 10.4 Å². The van der Waals surface area contributed by atoms with Gasteiger partial charge in [-0.05, 0) is 24.3 Å². The van der Waals surface area contributed by atoms with Gasteiger partial charge in [-0.3, -0.25) is 0 Å². The van der Waals surface area contributed by atoms with E-state index in [4.69, 9.17) is 0 Å². The van der Waals surface area contributed by atoms with E-state index < -0.39 is 5.97 Å². The standard InChI is InChI=1S/C14H11FO2S/c1-17-14(16)9-7-10-6-8-13(18-10)11-4-2-3-5-12(11)15/h2-9H,1H3/b9-7+. The molecule has 0 spiro atoms. The predicted octanol–water partition coefficient (Wildman–Crippen LogP) is 3.74. The highest BCUT2D eigenvalue weighted by molar-refractivity contribution is 7.16. The lowest BCUT2D eigenvalue weighted by Gasteiger charge is -1.97. The fourth-order valence-electron chi connectivity index (χ4n) is 1.47. The number of hydrogen-bond acceptors (Lipinski definition) is 3. The van der Waals surface area contributed by atoms with E-state index in [0.717, 1.165) is 9.75 Å². The molecule has 0 amide bonds. The molecule has 0 unspecified atom stereocenters. The van der Waals surface area contributed by atoms with Crippen molar-refractivity contribution < 1.29 is 13.9 Å². The quantitative estimate of drug-likeness (QED) is 0.622. The molecule has 1 aromatic carbocycles. The normalized spacial score (nSPS) is 10.8. The van der Waals surface area contributed by atoms with E-state index in [0.29, 0.717) is 5.56 Å². The minimum absolute atomic E-state index is 0.247. The van der Waals surface area contributed by atoms with Gasteiger partial charge in [-0.25, -0.2) is 9.18 Å². The Morgan fingerprint density at radius 1 is 1.28 bits per heavy atom. The second-order valence-electron chi connectivity index (χ2n) is 3.54. The second-order valence-corrected chi connectivity index (χ2v) is 4.65. The minimum atomic E-state index is -0.407. The number of carbonyl (C=O) groups is 1. The van der Waals surface area contributed by atoms with Gasteiger partial charge in [0.1, 0.15) is 5.82 Å². The number of ether oxygens (including phenoxy) is 1. The monoisotopic (exact) mass is 262 g/mol. The van der Waals surface area contributed by atoms with E-state index in [1.165, 1.54) is 30.6 Å². The summed E-state index contributed by atoms with van der Waals surface area (Å²) in [6.07, 6.45) is 3.00. The Morgan fingerprint density at radius 2 is 2.06 bits per heavy atom. The first-order valence-corrected chi connectivity index (χ1v) is 6.13. The largest absolute Gasteiger partial charge is 0.466 e. The number of carbonyl (C=O) groups excluding carboxylic acids is 1. The summed E-state index contributed by atoms with van der Waals surface area (Å²) in [6.45, 7) is 0. The molecule has 0 bridgehead atoms. The third-order valence-corrected chi connectivity index (χ3v) is 3.43. The highest BCUT2D eigenvalue weighted by Crippen LogP contribution is 2.30. The Bertz CT molecular complexity index is 587. The first kappa shape index (κ1) is 12.5. The van der Waals surface area contributed by atoms with E-state index in [2.05, 4.69) is 4.74 Å². The van der Waals surface area contributed by atoms with Crippen LogP contribution in [-0.2, 0) is 9.53 Å². The van der Waals surface area contributed by atoms with E-state index in [1.54, 1.807) is 24.3 Å². The molecule has 2 aromatic rings. The fraction of sp³-hybridized carbons (Fsp3) is 0.0714. The second kappa shape index (κ2) is 5.60. The molecule has 2 rings (SSSR count). The van der Waals surface area contributed by atoms with Crippen LogP contribution in [0.2, 0.25) is 0 Å². The lowest BCUT2D eigenvalue weighted by Crippen LogP contribution is -1.92. The molecule has 92 valence electrons. The van der Waals surface area contributed by atoms with Crippen LogP contribution in [0.15, 0.2) is 42.5 Å². The van der Waals surface area contributed by atoms with Gasteiger partial charge in [-0.1, -0.05) is 18.2 Å². The number of rotatable bonds is 3. The van der Waals surface area contributed by atoms with E-state index in [9.17, 15) is 9.18 Å². The number of halogens is 1. The molecular weight excluding hydrogens is 251 g/mol. The Kier molecular flexibility index (Phi) is 3.89. The van der Waals surface area contributed by atoms with E-state index in [1.807, 2.05) is 12.1 Å². The van der Waals surface area contributed by atoms with Gasteiger partial charge in [0.25, 0.3) is 0 Å². The summed E-state index contributed by atoms with van der Waals surface area (Å²) < 4.78 is 18.1. The molecule has 2 nitrogen and oxygen atoms in total. The zero-order valence-corrected chi connectivity index (χ0v) is 10.5. The summed E-state index contributed by atoms with van der Waals surface area (Å²) in [5, 5.41) is 0. The third-order valence-electron chi connectivity index (χ3n) is 2.35. The lowest BCUT2D eigenvalue weighted by molar-refractivity contribution is -0.134. The van der Waals surface area contributed by atoms with Crippen molar-refractivity contribution in [2.45, 2.75) is 0 Å². The molecule has 0 saturated carbocycles. The van der Waals surface area contributed by atoms with Crippen LogP contribution < -0.4 is 0 Å². The predicted molar refractivity (Wildman–Crippen MR) is 70.8 cm³/mol. The van der Waals surface area contributed by atoms with Crippen LogP contribution >= 0.6 is 11.3 Å². The molecule has 0 fully saturated rings. The minimum Gasteiger partial charge on any atom is -0.466 e. The molecule has 4 heteroatoms. The van der Waals surface area contributed by atoms with Gasteiger partial charge in [0.15, 0.2) is 0 Å². The van der Waals surface area contributed by atoms with Crippen LogP contribution in [0.4, 0.5) is 4.39 Å². The van der Waals surface area contributed by atoms with E-state index in [-0.39, 0.29) is 5.82 Å². The number of benzene rings is 1. The molecule has 0 aliphatic heterocycles. The van der Waals surface area contributed by atoms with Crippen molar-refractivity contribution in [3.05, 3.63) is 53.2 Å². The van der Waals surface area contributed by atoms with Crippen molar-refractivity contribution in [1.82, 2.24) is 0 Å². The summed E-state index contributed by atoms with van der Waals surface area (Å²) in [5.74, 6) is -0.654. The number of hydrogen-bond donors (Lipinski definition) is 0. The van der Waals surface area contributed by atoms with Crippen molar-refractivity contribution in [2.75, 3.05) is 7.11 Å². The Morgan fingerprint density at radius 3 is 2.78 bits per heavy atom. The van der Waals surface area contributed by atoms with Crippen LogP contribution in [0, 0.1) is 5.82 Å². The molecule has 18 heavy (non-hydrogen) atoms. The molecule has 0 aliphatic rings. The highest BCUT2D eigenvalue weighted by atomic mass is 32.1. The van der Waals surface area contributed by atoms with Crippen molar-refractivity contribution in [1.29, 1.82) is 0 Å². The molecule has 0 aliphatic carbocycles. The summed E-state index contributed by atoms with van der Waals surface area (Å²) in [4.78, 5) is 12.7. The van der Waals surface area contributed by atoms with Gasteiger partial charge in [-0.2, -0.15) is 0 Å². The van der Waals surface area contributed by atoms with Crippen LogP contribution in [-0.4, -0.2) is 13.1 Å². The first-order chi connectivity index (χ1) is 8.70. The summed E-state index contributed by atoms with van der Waals surface area (Å²) in [7, 11) is 1.33. The van der Waals surface area contributed by atoms with Crippen LogP contribution in [0.3, 0.4) is 0 Å². The van der Waals surface area contributed by atoms with Gasteiger partial charge in [0.2, 0.25) is 0 Å². The molecule has 1 heterocycles. The topological polar surface area (TPSA) is 26.3 Å². The smallest absolute Gasteiger partial charge is 0.330 e. The van der Waals surface area contributed by atoms with E-state index >= 15 is 0 Å². The summed E-state index contributed by atoms with van der Waals surface area (Å²) >= 11 is 1.42. The zero-order valence-electron chi connectivity index (χ0n) is 9.72. The lowest BCUT2D eigenvalue weighted by atomic mass is 10.2. The zero-order chi connectivity index (χ0) is 13.0. The highest BCUT2D eigenvalue weighted by Gasteiger charge is 2.06. The van der Waals surface area contributed by atoms with Crippen LogP contribution in [0.25, 0.3) is 16.5 Å². The molecule has 0 N–H and O–H groups in total. The third kappa shape index (κ3) is 2.84. The van der Waals surface area contributed by atoms with Crippen molar-refractivity contribution in [3.63, 3.8) is 0 Å². The van der Waals surface area contributed by atoms with Crippen LogP contribution in [0.5, 0.6) is 0 Å². The molecule has 0 atom stereocenters. The number of methoxy groups -OCH3 is 1. The maximum absolute atomic E-state index is 13.6. The Balaban J connectivity index is 2.24. The summed E-state index contributed by atoms with van der Waals surface area (Å²) in [6, 6.07) is 10.3. The maximum atomic E-state index is 13.6.